The molecule has 342 valence electrons. The molecule has 4 aromatic rings. The van der Waals surface area contributed by atoms with Gasteiger partial charge < -0.3 is 29.3 Å². The lowest BCUT2D eigenvalue weighted by molar-refractivity contribution is -0.132. The fourth-order valence-corrected chi connectivity index (χ4v) is 10.6. The standard InChI is InChI=1S/C32H42FN3O3.C10H12O.C6H6.C5H7NO2/c1-34(2)20-24-14-27-30(15-25(24)21-37)39-22-32(27)8-10-35(11-9-32)19-23-17-31(18-23)6-12-36(13-7-31)29-16-26(38-3)4-5-28(29)33;11-10-6-5-8-3-1-2-4-9(8)7-10;1-2-4-6-5-3-1;7-4-2-1-3-5(8)6-4/h4-5,14-16,21,23H,6-13,17-20,22H2,1-3H3;5-7,11H,1-4H2;1-6H;1-3H2,(H,6,7,8). The molecule has 2 spiro atoms. The molecule has 4 fully saturated rings. The summed E-state index contributed by atoms with van der Waals surface area (Å²) in [6.45, 7) is 6.74. The molecule has 2 aliphatic carbocycles. The number of benzene rings is 4. The van der Waals surface area contributed by atoms with Gasteiger partial charge >= 0.3 is 0 Å². The van der Waals surface area contributed by atoms with E-state index < -0.39 is 0 Å². The monoisotopic (exact) mass is 875 g/mol. The number of methoxy groups -OCH3 is 1. The summed E-state index contributed by atoms with van der Waals surface area (Å²) in [7, 11) is 5.72. The number of halogens is 1. The summed E-state index contributed by atoms with van der Waals surface area (Å²) >= 11 is 0. The number of aryl methyl sites for hydroxylation is 2. The Hall–Kier alpha value is -5.26. The highest BCUT2D eigenvalue weighted by molar-refractivity contribution is 5.97. The second kappa shape index (κ2) is 21.6. The number of carbonyl (C=O) groups is 3. The molecule has 4 aliphatic heterocycles. The number of phenolic OH excluding ortho intramolecular Hbond substituents is 1. The minimum Gasteiger partial charge on any atom is -0.508 e. The van der Waals surface area contributed by atoms with Crippen LogP contribution in [0.25, 0.3) is 0 Å². The van der Waals surface area contributed by atoms with Crippen LogP contribution < -0.4 is 19.7 Å². The zero-order valence-electron chi connectivity index (χ0n) is 38.1. The number of piperidine rings is 3. The summed E-state index contributed by atoms with van der Waals surface area (Å²) in [6, 6.07) is 27.0. The molecule has 1 saturated carbocycles. The Morgan fingerprint density at radius 1 is 0.828 bits per heavy atom. The molecule has 64 heavy (non-hydrogen) atoms. The van der Waals surface area contributed by atoms with Crippen molar-refractivity contribution in [3.8, 4) is 17.2 Å². The first-order valence-electron chi connectivity index (χ1n) is 23.3. The van der Waals surface area contributed by atoms with E-state index in [1.807, 2.05) is 74.8 Å². The zero-order valence-corrected chi connectivity index (χ0v) is 38.1. The molecule has 2 amide bonds. The average Bonchev–Trinajstić information content (AvgIpc) is 3.63. The Labute approximate surface area is 379 Å². The van der Waals surface area contributed by atoms with Crippen molar-refractivity contribution < 1.29 is 33.4 Å². The number of aldehydes is 1. The van der Waals surface area contributed by atoms with E-state index in [0.717, 1.165) is 101 Å². The van der Waals surface area contributed by atoms with Crippen molar-refractivity contribution in [2.24, 2.45) is 11.3 Å². The number of hydrogen-bond donors (Lipinski definition) is 2. The molecule has 2 N–H and O–H groups in total. The first kappa shape index (κ1) is 46.7. The molecule has 4 aromatic carbocycles. The van der Waals surface area contributed by atoms with Gasteiger partial charge in [0.2, 0.25) is 11.8 Å². The quantitative estimate of drug-likeness (QED) is 0.139. The third-order valence-electron chi connectivity index (χ3n) is 14.1. The Morgan fingerprint density at radius 2 is 1.48 bits per heavy atom. The number of imide groups is 1. The summed E-state index contributed by atoms with van der Waals surface area (Å²) in [6.07, 6.45) is 14.7. The largest absolute Gasteiger partial charge is 0.508 e. The van der Waals surface area contributed by atoms with Gasteiger partial charge in [0.25, 0.3) is 0 Å². The van der Waals surface area contributed by atoms with Crippen LogP contribution in [0.1, 0.15) is 103 Å². The number of aromatic hydroxyl groups is 1. The van der Waals surface area contributed by atoms with Crippen LogP contribution in [0, 0.1) is 17.2 Å². The number of likely N-dealkylation sites (tertiary alicyclic amines) is 1. The molecule has 0 atom stereocenters. The maximum Gasteiger partial charge on any atom is 0.226 e. The van der Waals surface area contributed by atoms with Crippen LogP contribution in [0.4, 0.5) is 10.1 Å². The number of amides is 2. The lowest BCUT2D eigenvalue weighted by atomic mass is 9.57. The molecule has 10 nitrogen and oxygen atoms in total. The van der Waals surface area contributed by atoms with Gasteiger partial charge in [-0.3, -0.25) is 19.7 Å². The van der Waals surface area contributed by atoms with Crippen LogP contribution in [0.15, 0.2) is 84.9 Å². The van der Waals surface area contributed by atoms with Gasteiger partial charge in [-0.25, -0.2) is 4.39 Å². The van der Waals surface area contributed by atoms with E-state index >= 15 is 0 Å². The van der Waals surface area contributed by atoms with Crippen molar-refractivity contribution in [3.63, 3.8) is 0 Å². The van der Waals surface area contributed by atoms with Crippen LogP contribution >= 0.6 is 0 Å². The molecular weight excluding hydrogens is 808 g/mol. The lowest BCUT2D eigenvalue weighted by Gasteiger charge is -2.54. The Balaban J connectivity index is 0.000000195. The smallest absolute Gasteiger partial charge is 0.226 e. The van der Waals surface area contributed by atoms with Crippen molar-refractivity contribution in [1.82, 2.24) is 15.1 Å². The molecule has 3 saturated heterocycles. The van der Waals surface area contributed by atoms with Crippen molar-refractivity contribution in [2.75, 3.05) is 65.4 Å². The fraction of sp³-hybridized carbons (Fsp3) is 0.491. The van der Waals surface area contributed by atoms with Crippen LogP contribution in [-0.2, 0) is 34.4 Å². The highest BCUT2D eigenvalue weighted by atomic mass is 19.1. The first-order chi connectivity index (χ1) is 31.0. The number of nitrogens with zero attached hydrogens (tertiary/aromatic N) is 3. The third kappa shape index (κ3) is 11.9. The number of carbonyl (C=O) groups excluding carboxylic acids is 3. The minimum absolute atomic E-state index is 0.0807. The van der Waals surface area contributed by atoms with Gasteiger partial charge in [0.15, 0.2) is 6.29 Å². The zero-order chi connectivity index (χ0) is 45.1. The van der Waals surface area contributed by atoms with E-state index in [1.165, 1.54) is 61.4 Å². The van der Waals surface area contributed by atoms with Crippen molar-refractivity contribution in [1.29, 1.82) is 0 Å². The van der Waals surface area contributed by atoms with Gasteiger partial charge in [-0.1, -0.05) is 42.5 Å². The van der Waals surface area contributed by atoms with Gasteiger partial charge in [0.05, 0.1) is 19.4 Å². The van der Waals surface area contributed by atoms with E-state index in [2.05, 4.69) is 26.1 Å². The number of phenols is 1. The third-order valence-corrected chi connectivity index (χ3v) is 14.1. The van der Waals surface area contributed by atoms with E-state index in [4.69, 9.17) is 9.47 Å². The van der Waals surface area contributed by atoms with Crippen molar-refractivity contribution in [3.05, 3.63) is 119 Å². The Kier molecular flexibility index (Phi) is 15.8. The average molecular weight is 875 g/mol. The van der Waals surface area contributed by atoms with Gasteiger partial charge in [-0.05, 0) is 162 Å². The predicted molar refractivity (Wildman–Crippen MR) is 250 cm³/mol. The second-order valence-electron chi connectivity index (χ2n) is 19.0. The van der Waals surface area contributed by atoms with Gasteiger partial charge in [0, 0.05) is 61.6 Å². The molecule has 11 heteroatoms. The van der Waals surface area contributed by atoms with Crippen LogP contribution in [-0.4, -0.2) is 93.5 Å². The summed E-state index contributed by atoms with van der Waals surface area (Å²) in [5.74, 6) is 2.37. The normalized spacial score (nSPS) is 19.5. The first-order valence-corrected chi connectivity index (χ1v) is 23.3. The van der Waals surface area contributed by atoms with E-state index in [9.17, 15) is 23.9 Å². The SMILES string of the molecule is COc1ccc(F)c(N2CCC3(CC2)CC(CN2CCC4(CC2)COc2cc(C=O)c(CN(C)C)cc24)C3)c1.O=C1CCCC(=O)N1.Oc1ccc2c(c1)CCCC2.c1ccccc1. The summed E-state index contributed by atoms with van der Waals surface area (Å²) in [5.41, 5.74) is 7.13. The van der Waals surface area contributed by atoms with Crippen molar-refractivity contribution in [2.45, 2.75) is 95.4 Å². The maximum atomic E-state index is 14.5. The van der Waals surface area contributed by atoms with Gasteiger partial charge in [-0.2, -0.15) is 0 Å². The lowest BCUT2D eigenvalue weighted by Crippen LogP contribution is -2.51. The van der Waals surface area contributed by atoms with Gasteiger partial charge in [0.1, 0.15) is 23.1 Å². The van der Waals surface area contributed by atoms with Gasteiger partial charge in [-0.15, -0.1) is 0 Å². The molecule has 10 rings (SSSR count). The molecule has 0 unspecified atom stereocenters. The summed E-state index contributed by atoms with van der Waals surface area (Å²) in [5, 5.41) is 11.4. The molecular formula is C53H67FN4O6. The molecule has 6 aliphatic rings. The van der Waals surface area contributed by atoms with E-state index in [0.29, 0.717) is 41.9 Å². The molecule has 0 bridgehead atoms. The predicted octanol–water partition coefficient (Wildman–Crippen LogP) is 8.90. The topological polar surface area (TPSA) is 112 Å². The van der Waals surface area contributed by atoms with E-state index in [-0.39, 0.29) is 23.0 Å². The van der Waals surface area contributed by atoms with Crippen LogP contribution in [0.2, 0.25) is 0 Å². The summed E-state index contributed by atoms with van der Waals surface area (Å²) < 4.78 is 25.9. The fourth-order valence-electron chi connectivity index (χ4n) is 10.6. The van der Waals surface area contributed by atoms with Crippen LogP contribution in [0.5, 0.6) is 17.2 Å². The minimum atomic E-state index is -0.158. The second-order valence-corrected chi connectivity index (χ2v) is 19.0. The maximum absolute atomic E-state index is 14.5. The molecule has 0 aromatic heterocycles. The Morgan fingerprint density at radius 3 is 2.08 bits per heavy atom. The number of fused-ring (bicyclic) bond motifs is 3. The highest BCUT2D eigenvalue weighted by Crippen LogP contribution is 2.54. The highest BCUT2D eigenvalue weighted by Gasteiger charge is 2.48. The number of hydrogen-bond acceptors (Lipinski definition) is 9. The Bertz CT molecular complexity index is 2150. The van der Waals surface area contributed by atoms with Crippen molar-refractivity contribution >= 4 is 23.8 Å². The number of rotatable bonds is 7. The van der Waals surface area contributed by atoms with E-state index in [1.54, 1.807) is 19.2 Å². The summed E-state index contributed by atoms with van der Waals surface area (Å²) in [4.78, 5) is 39.4. The molecule has 0 radical (unpaired) electrons. The molecule has 4 heterocycles. The number of ether oxygens (including phenoxy) is 2. The number of anilines is 1. The number of nitrogens with one attached hydrogen (secondary N) is 1. The van der Waals surface area contributed by atoms with Crippen LogP contribution in [0.3, 0.4) is 0 Å².